The van der Waals surface area contributed by atoms with Gasteiger partial charge in [-0.25, -0.2) is 9.37 Å². The molecule has 0 aliphatic heterocycles. The van der Waals surface area contributed by atoms with Crippen molar-refractivity contribution in [3.05, 3.63) is 45.1 Å². The lowest BCUT2D eigenvalue weighted by Crippen LogP contribution is -2.08. The van der Waals surface area contributed by atoms with E-state index in [4.69, 9.17) is 11.6 Å². The lowest BCUT2D eigenvalue weighted by molar-refractivity contribution is 0.627. The number of anilines is 1. The molecule has 1 heterocycles. The van der Waals surface area contributed by atoms with E-state index < -0.39 is 5.82 Å². The molecule has 0 amide bonds. The predicted molar refractivity (Wildman–Crippen MR) is 70.3 cm³/mol. The van der Waals surface area contributed by atoms with E-state index in [9.17, 15) is 4.39 Å². The molecule has 0 bridgehead atoms. The molecule has 0 aliphatic rings. The van der Waals surface area contributed by atoms with Crippen molar-refractivity contribution in [1.82, 2.24) is 4.98 Å². The second-order valence-electron chi connectivity index (χ2n) is 3.76. The van der Waals surface area contributed by atoms with Crippen LogP contribution < -0.4 is 5.32 Å². The van der Waals surface area contributed by atoms with E-state index in [0.717, 1.165) is 10.7 Å². The van der Waals surface area contributed by atoms with Crippen molar-refractivity contribution in [2.24, 2.45) is 0 Å². The zero-order valence-corrected chi connectivity index (χ0v) is 11.1. The summed E-state index contributed by atoms with van der Waals surface area (Å²) < 4.78 is 13.7. The Morgan fingerprint density at radius 1 is 1.47 bits per heavy atom. The van der Waals surface area contributed by atoms with Crippen LogP contribution in [-0.4, -0.2) is 4.98 Å². The molecule has 0 fully saturated rings. The molecule has 2 aromatic rings. The normalized spacial score (nSPS) is 12.5. The van der Waals surface area contributed by atoms with Gasteiger partial charge in [-0.05, 0) is 26.0 Å². The van der Waals surface area contributed by atoms with Gasteiger partial charge in [0.15, 0.2) is 5.82 Å². The van der Waals surface area contributed by atoms with Crippen LogP contribution in [0.25, 0.3) is 0 Å². The Kier molecular flexibility index (Phi) is 3.64. The predicted octanol–water partition coefficient (Wildman–Crippen LogP) is 4.42. The van der Waals surface area contributed by atoms with Crippen molar-refractivity contribution < 1.29 is 4.39 Å². The number of halogens is 2. The van der Waals surface area contributed by atoms with E-state index in [1.165, 1.54) is 6.07 Å². The van der Waals surface area contributed by atoms with Crippen LogP contribution in [0.15, 0.2) is 23.6 Å². The molecular formula is C12H12ClFN2S. The van der Waals surface area contributed by atoms with Gasteiger partial charge in [0.25, 0.3) is 0 Å². The molecule has 1 N–H and O–H groups in total. The van der Waals surface area contributed by atoms with E-state index in [1.807, 2.05) is 19.2 Å². The van der Waals surface area contributed by atoms with Gasteiger partial charge in [0, 0.05) is 5.38 Å². The maximum absolute atomic E-state index is 13.7. The van der Waals surface area contributed by atoms with E-state index in [2.05, 4.69) is 10.3 Å². The Hall–Kier alpha value is -1.13. The molecule has 1 aromatic heterocycles. The van der Waals surface area contributed by atoms with E-state index in [0.29, 0.717) is 5.69 Å². The lowest BCUT2D eigenvalue weighted by atomic mass is 10.2. The molecule has 0 aliphatic carbocycles. The minimum atomic E-state index is -0.423. The fourth-order valence-corrected chi connectivity index (χ4v) is 2.38. The second kappa shape index (κ2) is 5.02. The van der Waals surface area contributed by atoms with Crippen molar-refractivity contribution in [2.45, 2.75) is 19.9 Å². The molecule has 2 nitrogen and oxygen atoms in total. The van der Waals surface area contributed by atoms with Gasteiger partial charge in [-0.1, -0.05) is 17.7 Å². The van der Waals surface area contributed by atoms with E-state index >= 15 is 0 Å². The van der Waals surface area contributed by atoms with Crippen LogP contribution in [0.5, 0.6) is 0 Å². The highest BCUT2D eigenvalue weighted by Gasteiger charge is 2.12. The maximum atomic E-state index is 13.7. The summed E-state index contributed by atoms with van der Waals surface area (Å²) >= 11 is 7.30. The summed E-state index contributed by atoms with van der Waals surface area (Å²) in [7, 11) is 0. The van der Waals surface area contributed by atoms with Crippen LogP contribution >= 0.6 is 22.9 Å². The zero-order valence-electron chi connectivity index (χ0n) is 9.50. The van der Waals surface area contributed by atoms with Crippen LogP contribution in [0, 0.1) is 12.7 Å². The topological polar surface area (TPSA) is 24.9 Å². The molecule has 0 saturated heterocycles. The Labute approximate surface area is 108 Å². The first kappa shape index (κ1) is 12.3. The van der Waals surface area contributed by atoms with Crippen molar-refractivity contribution in [3.8, 4) is 0 Å². The monoisotopic (exact) mass is 270 g/mol. The van der Waals surface area contributed by atoms with Gasteiger partial charge in [0.05, 0.1) is 27.5 Å². The Morgan fingerprint density at radius 3 is 2.88 bits per heavy atom. The Balaban J connectivity index is 2.18. The summed E-state index contributed by atoms with van der Waals surface area (Å²) in [5.41, 5.74) is 1.31. The molecule has 0 radical (unpaired) electrons. The van der Waals surface area contributed by atoms with Gasteiger partial charge in [-0.2, -0.15) is 0 Å². The van der Waals surface area contributed by atoms with Crippen LogP contribution in [0.3, 0.4) is 0 Å². The van der Waals surface area contributed by atoms with Crippen LogP contribution in [-0.2, 0) is 0 Å². The molecule has 1 unspecified atom stereocenters. The molecule has 1 aromatic carbocycles. The van der Waals surface area contributed by atoms with Gasteiger partial charge in [0.1, 0.15) is 0 Å². The minimum Gasteiger partial charge on any atom is -0.375 e. The summed E-state index contributed by atoms with van der Waals surface area (Å²) in [6.07, 6.45) is 0. The summed E-state index contributed by atoms with van der Waals surface area (Å²) in [4.78, 5) is 4.36. The standard InChI is InChI=1S/C12H12ClFN2S/c1-7(11-6-17-8(2)16-11)15-10-5-3-4-9(13)12(10)14/h3-7,15H,1-2H3. The third kappa shape index (κ3) is 2.76. The fourth-order valence-electron chi connectivity index (χ4n) is 1.50. The smallest absolute Gasteiger partial charge is 0.164 e. The summed E-state index contributed by atoms with van der Waals surface area (Å²) in [5.74, 6) is -0.423. The van der Waals surface area contributed by atoms with Gasteiger partial charge < -0.3 is 5.32 Å². The van der Waals surface area contributed by atoms with Crippen LogP contribution in [0.4, 0.5) is 10.1 Å². The van der Waals surface area contributed by atoms with Crippen molar-refractivity contribution in [3.63, 3.8) is 0 Å². The number of nitrogens with zero attached hydrogens (tertiary/aromatic N) is 1. The van der Waals surface area contributed by atoms with Crippen LogP contribution in [0.2, 0.25) is 5.02 Å². The maximum Gasteiger partial charge on any atom is 0.164 e. The van der Waals surface area contributed by atoms with Crippen molar-refractivity contribution >= 4 is 28.6 Å². The second-order valence-corrected chi connectivity index (χ2v) is 5.23. The number of hydrogen-bond acceptors (Lipinski definition) is 3. The first-order chi connectivity index (χ1) is 8.08. The Bertz CT molecular complexity index is 527. The number of nitrogens with one attached hydrogen (secondary N) is 1. The fraction of sp³-hybridized carbons (Fsp3) is 0.250. The third-order valence-electron chi connectivity index (χ3n) is 2.40. The molecule has 2 rings (SSSR count). The average molecular weight is 271 g/mol. The van der Waals surface area contributed by atoms with Gasteiger partial charge in [-0.3, -0.25) is 0 Å². The highest BCUT2D eigenvalue weighted by molar-refractivity contribution is 7.09. The minimum absolute atomic E-state index is 0.0482. The highest BCUT2D eigenvalue weighted by Crippen LogP contribution is 2.26. The summed E-state index contributed by atoms with van der Waals surface area (Å²) in [6.45, 7) is 3.88. The van der Waals surface area contributed by atoms with Crippen LogP contribution in [0.1, 0.15) is 23.7 Å². The zero-order chi connectivity index (χ0) is 12.4. The lowest BCUT2D eigenvalue weighted by Gasteiger charge is -2.14. The number of hydrogen-bond donors (Lipinski definition) is 1. The van der Waals surface area contributed by atoms with E-state index in [-0.39, 0.29) is 11.1 Å². The molecule has 90 valence electrons. The molecule has 0 spiro atoms. The highest BCUT2D eigenvalue weighted by atomic mass is 35.5. The number of rotatable bonds is 3. The molecule has 5 heteroatoms. The first-order valence-corrected chi connectivity index (χ1v) is 6.46. The average Bonchev–Trinajstić information content (AvgIpc) is 2.72. The summed E-state index contributed by atoms with van der Waals surface area (Å²) in [6, 6.07) is 4.86. The number of aromatic nitrogens is 1. The molecular weight excluding hydrogens is 259 g/mol. The molecule has 0 saturated carbocycles. The van der Waals surface area contributed by atoms with E-state index in [1.54, 1.807) is 23.5 Å². The van der Waals surface area contributed by atoms with Gasteiger partial charge >= 0.3 is 0 Å². The third-order valence-corrected chi connectivity index (χ3v) is 3.49. The molecule has 1 atom stereocenters. The van der Waals surface area contributed by atoms with Crippen molar-refractivity contribution in [2.75, 3.05) is 5.32 Å². The number of thiazole rings is 1. The SMILES string of the molecule is Cc1nc(C(C)Nc2cccc(Cl)c2F)cs1. The quantitative estimate of drug-likeness (QED) is 0.893. The first-order valence-electron chi connectivity index (χ1n) is 5.20. The summed E-state index contributed by atoms with van der Waals surface area (Å²) in [5, 5.41) is 6.16. The van der Waals surface area contributed by atoms with Gasteiger partial charge in [-0.15, -0.1) is 11.3 Å². The molecule has 17 heavy (non-hydrogen) atoms. The van der Waals surface area contributed by atoms with Crippen molar-refractivity contribution in [1.29, 1.82) is 0 Å². The number of aryl methyl sites for hydroxylation is 1. The van der Waals surface area contributed by atoms with Gasteiger partial charge in [0.2, 0.25) is 0 Å². The Morgan fingerprint density at radius 2 is 2.24 bits per heavy atom. The number of benzene rings is 1. The largest absolute Gasteiger partial charge is 0.375 e.